The average molecular weight is 449 g/mol. The molecule has 33 heavy (non-hydrogen) atoms. The van der Waals surface area contributed by atoms with E-state index in [0.717, 1.165) is 42.2 Å². The summed E-state index contributed by atoms with van der Waals surface area (Å²) in [5, 5.41) is 0. The number of methoxy groups -OCH3 is 2. The van der Waals surface area contributed by atoms with Crippen LogP contribution in [0.1, 0.15) is 52.0 Å². The molecular weight excluding hydrogens is 416 g/mol. The van der Waals surface area contributed by atoms with Crippen LogP contribution in [0.15, 0.2) is 29.1 Å². The Morgan fingerprint density at radius 3 is 2.79 bits per heavy atom. The molecule has 6 rings (SSSR count). The molecule has 6 heteroatoms. The molecule has 1 aromatic heterocycles. The molecular formula is C27H32N2O4. The third-order valence-electron chi connectivity index (χ3n) is 8.85. The molecule has 0 spiro atoms. The molecule has 1 unspecified atom stereocenters. The zero-order valence-corrected chi connectivity index (χ0v) is 19.6. The van der Waals surface area contributed by atoms with Gasteiger partial charge in [0.25, 0.3) is 5.56 Å². The lowest BCUT2D eigenvalue weighted by Crippen LogP contribution is -2.58. The molecule has 2 saturated carbocycles. The van der Waals surface area contributed by atoms with Crippen molar-refractivity contribution in [1.29, 1.82) is 0 Å². The Kier molecular flexibility index (Phi) is 4.74. The van der Waals surface area contributed by atoms with Gasteiger partial charge in [-0.2, -0.15) is 0 Å². The molecule has 2 heterocycles. The predicted octanol–water partition coefficient (Wildman–Crippen LogP) is 3.25. The lowest BCUT2D eigenvalue weighted by atomic mass is 9.62. The molecule has 4 atom stereocenters. The number of H-pyrrole nitrogens is 1. The summed E-state index contributed by atoms with van der Waals surface area (Å²) in [5.74, 6) is 2.32. The largest absolute Gasteiger partial charge is 0.497 e. The quantitative estimate of drug-likeness (QED) is 0.711. The Morgan fingerprint density at radius 1 is 1.24 bits per heavy atom. The van der Waals surface area contributed by atoms with Crippen molar-refractivity contribution in [2.24, 2.45) is 17.8 Å². The molecule has 3 fully saturated rings. The second-order valence-electron chi connectivity index (χ2n) is 10.7. The molecule has 2 aromatic rings. The molecule has 0 radical (unpaired) electrons. The van der Waals surface area contributed by atoms with Crippen LogP contribution >= 0.6 is 0 Å². The summed E-state index contributed by atoms with van der Waals surface area (Å²) in [6, 6.07) is 8.79. The number of nitrogens with one attached hydrogen (secondary N) is 1. The number of likely N-dealkylation sites (tertiary alicyclic amines) is 1. The zero-order chi connectivity index (χ0) is 22.9. The number of aryl methyl sites for hydroxylation is 1. The molecule has 0 amide bonds. The normalized spacial score (nSPS) is 30.1. The topological polar surface area (TPSA) is 71.6 Å². The van der Waals surface area contributed by atoms with Gasteiger partial charge in [-0.15, -0.1) is 0 Å². The molecule has 174 valence electrons. The standard InChI is InChI=1S/C27H32N2O4/c1-15-4-7-19(32-2)10-21(15)27-11-18-14-29(13-16-5-6-16)24(18)22(27)9-17-8-20(26(31)33-3)25(30)28-23(17)12-27/h4,7-8,10,16,18,22,24H,5-6,9,11-14H2,1-3H3,(H,28,30)/t18?,22-,24+,27+/m0/s1. The summed E-state index contributed by atoms with van der Waals surface area (Å²) in [6.45, 7) is 4.60. The number of aromatic amines is 1. The maximum absolute atomic E-state index is 12.7. The van der Waals surface area contributed by atoms with Crippen molar-refractivity contribution in [2.45, 2.75) is 50.5 Å². The fourth-order valence-corrected chi connectivity index (χ4v) is 7.19. The highest BCUT2D eigenvalue weighted by molar-refractivity contribution is 5.89. The molecule has 1 aliphatic heterocycles. The van der Waals surface area contributed by atoms with Crippen molar-refractivity contribution in [1.82, 2.24) is 9.88 Å². The fraction of sp³-hybridized carbons (Fsp3) is 0.556. The fourth-order valence-electron chi connectivity index (χ4n) is 7.19. The van der Waals surface area contributed by atoms with E-state index in [-0.39, 0.29) is 16.5 Å². The molecule has 6 nitrogen and oxygen atoms in total. The van der Waals surface area contributed by atoms with Crippen molar-refractivity contribution in [2.75, 3.05) is 27.3 Å². The summed E-state index contributed by atoms with van der Waals surface area (Å²) in [4.78, 5) is 30.7. The van der Waals surface area contributed by atoms with Crippen LogP contribution in [0.25, 0.3) is 0 Å². The van der Waals surface area contributed by atoms with Crippen molar-refractivity contribution in [3.8, 4) is 5.75 Å². The number of pyridine rings is 1. The molecule has 3 aliphatic carbocycles. The summed E-state index contributed by atoms with van der Waals surface area (Å²) < 4.78 is 10.5. The SMILES string of the molecule is COC(=O)c1cc2c([nH]c1=O)C[C@@]1(c3cc(OC)ccc3C)CC3CN(CC4CC4)[C@H]3[C@@H]1C2. The van der Waals surface area contributed by atoms with Crippen molar-refractivity contribution in [3.05, 3.63) is 62.6 Å². The van der Waals surface area contributed by atoms with Crippen LogP contribution in [0.4, 0.5) is 0 Å². The Bertz CT molecular complexity index is 1180. The summed E-state index contributed by atoms with van der Waals surface area (Å²) >= 11 is 0. The van der Waals surface area contributed by atoms with E-state index in [1.54, 1.807) is 13.2 Å². The number of carbonyl (C=O) groups is 1. The van der Waals surface area contributed by atoms with Crippen LogP contribution in [0.2, 0.25) is 0 Å². The van der Waals surface area contributed by atoms with Gasteiger partial charge >= 0.3 is 5.97 Å². The first-order valence-electron chi connectivity index (χ1n) is 12.2. The van der Waals surface area contributed by atoms with Crippen LogP contribution in [-0.4, -0.2) is 49.2 Å². The van der Waals surface area contributed by atoms with Crippen LogP contribution in [0.5, 0.6) is 5.75 Å². The van der Waals surface area contributed by atoms with E-state index in [1.807, 2.05) is 6.07 Å². The highest BCUT2D eigenvalue weighted by atomic mass is 16.5. The minimum Gasteiger partial charge on any atom is -0.497 e. The smallest absolute Gasteiger partial charge is 0.343 e. The number of rotatable bonds is 5. The third kappa shape index (κ3) is 3.17. The summed E-state index contributed by atoms with van der Waals surface area (Å²) in [5.41, 5.74) is 4.43. The van der Waals surface area contributed by atoms with Gasteiger partial charge in [0.1, 0.15) is 11.3 Å². The average Bonchev–Trinajstić information content (AvgIpc) is 3.58. The van der Waals surface area contributed by atoms with E-state index in [2.05, 4.69) is 28.9 Å². The van der Waals surface area contributed by atoms with E-state index in [1.165, 1.54) is 44.2 Å². The van der Waals surface area contributed by atoms with Gasteiger partial charge < -0.3 is 14.5 Å². The Balaban J connectivity index is 1.47. The number of benzene rings is 1. The van der Waals surface area contributed by atoms with Gasteiger partial charge in [0, 0.05) is 30.2 Å². The minimum absolute atomic E-state index is 0.0328. The van der Waals surface area contributed by atoms with Crippen molar-refractivity contribution < 1.29 is 14.3 Å². The van der Waals surface area contributed by atoms with E-state index in [4.69, 9.17) is 9.47 Å². The van der Waals surface area contributed by atoms with E-state index < -0.39 is 5.97 Å². The minimum atomic E-state index is -0.567. The van der Waals surface area contributed by atoms with Crippen LogP contribution < -0.4 is 10.3 Å². The Labute approximate surface area is 194 Å². The molecule has 1 aromatic carbocycles. The summed E-state index contributed by atoms with van der Waals surface area (Å²) in [6.07, 6.45) is 5.53. The molecule has 1 saturated heterocycles. The lowest BCUT2D eigenvalue weighted by Gasteiger charge is -2.49. The van der Waals surface area contributed by atoms with Crippen LogP contribution in [0.3, 0.4) is 0 Å². The van der Waals surface area contributed by atoms with Gasteiger partial charge in [0.05, 0.1) is 14.2 Å². The van der Waals surface area contributed by atoms with Gasteiger partial charge in [0.15, 0.2) is 0 Å². The number of aromatic nitrogens is 1. The first-order valence-corrected chi connectivity index (χ1v) is 12.2. The van der Waals surface area contributed by atoms with E-state index >= 15 is 0 Å². The second kappa shape index (κ2) is 7.45. The van der Waals surface area contributed by atoms with Gasteiger partial charge in [-0.25, -0.2) is 4.79 Å². The number of hydrogen-bond acceptors (Lipinski definition) is 5. The second-order valence-corrected chi connectivity index (χ2v) is 10.7. The highest BCUT2D eigenvalue weighted by Crippen LogP contribution is 2.60. The Hall–Kier alpha value is -2.60. The number of fused-ring (bicyclic) bond motifs is 4. The number of ether oxygens (including phenoxy) is 2. The molecule has 1 N–H and O–H groups in total. The number of hydrogen-bond donors (Lipinski definition) is 1. The monoisotopic (exact) mass is 448 g/mol. The highest BCUT2D eigenvalue weighted by Gasteiger charge is 2.62. The first kappa shape index (κ1) is 21.0. The van der Waals surface area contributed by atoms with Crippen LogP contribution in [0, 0.1) is 24.7 Å². The van der Waals surface area contributed by atoms with Crippen molar-refractivity contribution in [3.63, 3.8) is 0 Å². The van der Waals surface area contributed by atoms with Gasteiger partial charge in [-0.3, -0.25) is 9.69 Å². The number of esters is 1. The lowest BCUT2D eigenvalue weighted by molar-refractivity contribution is 0.00552. The van der Waals surface area contributed by atoms with E-state index in [9.17, 15) is 9.59 Å². The Morgan fingerprint density at radius 2 is 2.06 bits per heavy atom. The van der Waals surface area contributed by atoms with Gasteiger partial charge in [-0.05, 0) is 91.7 Å². The zero-order valence-electron chi connectivity index (χ0n) is 19.6. The number of carbonyl (C=O) groups excluding carboxylic acids is 1. The van der Waals surface area contributed by atoms with E-state index in [0.29, 0.717) is 17.9 Å². The number of nitrogens with zero attached hydrogens (tertiary/aromatic N) is 1. The summed E-state index contributed by atoms with van der Waals surface area (Å²) in [7, 11) is 3.05. The molecule has 0 bridgehead atoms. The van der Waals surface area contributed by atoms with Crippen LogP contribution in [-0.2, 0) is 23.0 Å². The van der Waals surface area contributed by atoms with Crippen molar-refractivity contribution >= 4 is 5.97 Å². The third-order valence-corrected chi connectivity index (χ3v) is 8.85. The van der Waals surface area contributed by atoms with Gasteiger partial charge in [0.2, 0.25) is 0 Å². The predicted molar refractivity (Wildman–Crippen MR) is 125 cm³/mol. The maximum atomic E-state index is 12.7. The first-order chi connectivity index (χ1) is 15.9. The van der Waals surface area contributed by atoms with Gasteiger partial charge in [-0.1, -0.05) is 6.07 Å². The maximum Gasteiger partial charge on any atom is 0.343 e. The molecule has 4 aliphatic rings.